The third-order valence-electron chi connectivity index (χ3n) is 4.29. The molecule has 1 aliphatic rings. The van der Waals surface area contributed by atoms with Gasteiger partial charge < -0.3 is 0 Å². The Balaban J connectivity index is 1.76. The molecule has 3 rings (SSSR count). The largest absolute Gasteiger partial charge is 0.433 e. The first kappa shape index (κ1) is 23.4. The zero-order chi connectivity index (χ0) is 23.0. The summed E-state index contributed by atoms with van der Waals surface area (Å²) in [7, 11) is -0.698. The quantitative estimate of drug-likeness (QED) is 0.473. The van der Waals surface area contributed by atoms with Gasteiger partial charge in [-0.3, -0.25) is 14.7 Å². The number of amides is 1. The molecule has 1 saturated heterocycles. The summed E-state index contributed by atoms with van der Waals surface area (Å²) < 4.78 is 63.6. The summed E-state index contributed by atoms with van der Waals surface area (Å²) >= 11 is 6.30. The molecule has 0 atom stereocenters. The lowest BCUT2D eigenvalue weighted by molar-refractivity contribution is -0.141. The van der Waals surface area contributed by atoms with Crippen molar-refractivity contribution in [3.05, 3.63) is 64.3 Å². The lowest BCUT2D eigenvalue weighted by Crippen LogP contribution is -2.27. The lowest BCUT2D eigenvalue weighted by atomic mass is 10.2. The average molecular weight is 488 g/mol. The molecule has 0 aliphatic carbocycles. The van der Waals surface area contributed by atoms with Crippen LogP contribution in [-0.2, 0) is 27.5 Å². The van der Waals surface area contributed by atoms with Crippen LogP contribution in [0.3, 0.4) is 0 Å². The Kier molecular flexibility index (Phi) is 6.56. The van der Waals surface area contributed by atoms with Crippen LogP contribution in [0.1, 0.15) is 16.8 Å². The molecule has 0 bridgehead atoms. The Morgan fingerprint density at radius 2 is 1.81 bits per heavy atom. The van der Waals surface area contributed by atoms with Gasteiger partial charge in [-0.05, 0) is 35.4 Å². The summed E-state index contributed by atoms with van der Waals surface area (Å²) in [6.07, 6.45) is -1.89. The number of hydrogen-bond donors (Lipinski definition) is 0. The zero-order valence-corrected chi connectivity index (χ0v) is 18.7. The third kappa shape index (κ3) is 5.14. The highest BCUT2D eigenvalue weighted by Crippen LogP contribution is 2.34. The molecule has 2 heterocycles. The number of benzene rings is 1. The van der Waals surface area contributed by atoms with Gasteiger partial charge in [-0.1, -0.05) is 42.2 Å². The predicted octanol–water partition coefficient (Wildman–Crippen LogP) is 3.75. The van der Waals surface area contributed by atoms with Crippen molar-refractivity contribution < 1.29 is 26.4 Å². The van der Waals surface area contributed by atoms with E-state index in [2.05, 4.69) is 4.98 Å². The van der Waals surface area contributed by atoms with Crippen LogP contribution >= 0.6 is 24.0 Å². The number of rotatable bonds is 5. The van der Waals surface area contributed by atoms with Crippen LogP contribution in [0.25, 0.3) is 6.08 Å². The lowest BCUT2D eigenvalue weighted by Gasteiger charge is -2.14. The van der Waals surface area contributed by atoms with E-state index in [-0.39, 0.29) is 21.7 Å². The van der Waals surface area contributed by atoms with Crippen LogP contribution in [-0.4, -0.2) is 46.9 Å². The number of carbonyl (C=O) groups excluding carboxylic acids is 1. The standard InChI is InChI=1S/C19H16F3N3O3S3/c1-24(2)31(27,28)14-6-3-12(4-7-14)9-15-17(26)25(18(29)30-15)11-13-5-8-16(23-10-13)19(20,21)22/h3-10H,11H2,1-2H3/b15-9-. The zero-order valence-electron chi connectivity index (χ0n) is 16.3. The number of nitrogens with zero attached hydrogens (tertiary/aromatic N) is 3. The number of carbonyl (C=O) groups is 1. The molecule has 1 fully saturated rings. The molecular weight excluding hydrogens is 471 g/mol. The van der Waals surface area contributed by atoms with Crippen molar-refractivity contribution in [2.24, 2.45) is 0 Å². The SMILES string of the molecule is CN(C)S(=O)(=O)c1ccc(/C=C2\SC(=S)N(Cc3ccc(C(F)(F)F)nc3)C2=O)cc1. The van der Waals surface area contributed by atoms with Crippen LogP contribution < -0.4 is 0 Å². The Bertz CT molecular complexity index is 1140. The number of hydrogen-bond acceptors (Lipinski definition) is 6. The summed E-state index contributed by atoms with van der Waals surface area (Å²) in [5.74, 6) is -0.389. The van der Waals surface area contributed by atoms with E-state index in [1.807, 2.05) is 0 Å². The van der Waals surface area contributed by atoms with Crippen molar-refractivity contribution in [2.75, 3.05) is 14.1 Å². The van der Waals surface area contributed by atoms with Crippen molar-refractivity contribution in [2.45, 2.75) is 17.6 Å². The second kappa shape index (κ2) is 8.69. The second-order valence-corrected chi connectivity index (χ2v) is 10.5. The Hall–Kier alpha value is -2.28. The fourth-order valence-electron chi connectivity index (χ4n) is 2.60. The van der Waals surface area contributed by atoms with Gasteiger partial charge in [0.15, 0.2) is 0 Å². The van der Waals surface area contributed by atoms with Gasteiger partial charge in [-0.15, -0.1) is 0 Å². The number of aromatic nitrogens is 1. The van der Waals surface area contributed by atoms with Crippen molar-refractivity contribution in [3.8, 4) is 0 Å². The van der Waals surface area contributed by atoms with E-state index in [9.17, 15) is 26.4 Å². The van der Waals surface area contributed by atoms with Gasteiger partial charge >= 0.3 is 6.18 Å². The number of thioether (sulfide) groups is 1. The Morgan fingerprint density at radius 1 is 1.16 bits per heavy atom. The molecule has 0 saturated carbocycles. The topological polar surface area (TPSA) is 70.6 Å². The molecule has 6 nitrogen and oxygen atoms in total. The van der Waals surface area contributed by atoms with E-state index in [0.717, 1.165) is 28.3 Å². The van der Waals surface area contributed by atoms with Crippen LogP contribution in [0, 0.1) is 0 Å². The molecule has 1 aromatic carbocycles. The summed E-state index contributed by atoms with van der Waals surface area (Å²) in [6, 6.07) is 8.13. The number of halogens is 3. The van der Waals surface area contributed by atoms with Crippen molar-refractivity contribution in [3.63, 3.8) is 0 Å². The summed E-state index contributed by atoms with van der Waals surface area (Å²) in [4.78, 5) is 17.8. The average Bonchev–Trinajstić information content (AvgIpc) is 2.95. The fraction of sp³-hybridized carbons (Fsp3) is 0.211. The van der Waals surface area contributed by atoms with Gasteiger partial charge in [-0.25, -0.2) is 12.7 Å². The highest BCUT2D eigenvalue weighted by Gasteiger charge is 2.34. The smallest absolute Gasteiger partial charge is 0.288 e. The number of alkyl halides is 3. The Morgan fingerprint density at radius 3 is 2.32 bits per heavy atom. The maximum absolute atomic E-state index is 12.7. The van der Waals surface area contributed by atoms with Gasteiger partial charge in [0.05, 0.1) is 16.3 Å². The molecule has 31 heavy (non-hydrogen) atoms. The molecule has 1 aromatic heterocycles. The molecule has 1 amide bonds. The summed E-state index contributed by atoms with van der Waals surface area (Å²) in [5, 5.41) is 0. The number of sulfonamides is 1. The predicted molar refractivity (Wildman–Crippen MR) is 115 cm³/mol. The third-order valence-corrected chi connectivity index (χ3v) is 7.49. The molecule has 164 valence electrons. The molecular formula is C19H16F3N3O3S3. The fourth-order valence-corrected chi connectivity index (χ4v) is 4.76. The van der Waals surface area contributed by atoms with E-state index < -0.39 is 21.9 Å². The van der Waals surface area contributed by atoms with Crippen LogP contribution in [0.2, 0.25) is 0 Å². The van der Waals surface area contributed by atoms with Crippen molar-refractivity contribution >= 4 is 50.3 Å². The second-order valence-electron chi connectivity index (χ2n) is 6.67. The van der Waals surface area contributed by atoms with Crippen molar-refractivity contribution in [1.29, 1.82) is 0 Å². The highest BCUT2D eigenvalue weighted by molar-refractivity contribution is 8.26. The highest BCUT2D eigenvalue weighted by atomic mass is 32.2. The van der Waals surface area contributed by atoms with Crippen LogP contribution in [0.5, 0.6) is 0 Å². The molecule has 12 heteroatoms. The van der Waals surface area contributed by atoms with Gasteiger partial charge in [0.2, 0.25) is 10.0 Å². The van der Waals surface area contributed by atoms with Crippen molar-refractivity contribution in [1.82, 2.24) is 14.2 Å². The van der Waals surface area contributed by atoms with Gasteiger partial charge in [0.1, 0.15) is 10.0 Å². The van der Waals surface area contributed by atoms with Gasteiger partial charge in [-0.2, -0.15) is 13.2 Å². The van der Waals surface area contributed by atoms with Gasteiger partial charge in [0, 0.05) is 20.3 Å². The molecule has 0 radical (unpaired) electrons. The maximum Gasteiger partial charge on any atom is 0.433 e. The van der Waals surface area contributed by atoms with E-state index in [0.29, 0.717) is 16.0 Å². The molecule has 0 unspecified atom stereocenters. The first-order valence-electron chi connectivity index (χ1n) is 8.69. The van der Waals surface area contributed by atoms with E-state index >= 15 is 0 Å². The molecule has 1 aliphatic heterocycles. The summed E-state index contributed by atoms with van der Waals surface area (Å²) in [6.45, 7) is -0.00679. The number of pyridine rings is 1. The number of thiocarbonyl (C=S) groups is 1. The first-order valence-corrected chi connectivity index (χ1v) is 11.4. The van der Waals surface area contributed by atoms with E-state index in [1.165, 1.54) is 37.2 Å². The van der Waals surface area contributed by atoms with Crippen LogP contribution in [0.4, 0.5) is 13.2 Å². The molecule has 0 spiro atoms. The summed E-state index contributed by atoms with van der Waals surface area (Å²) in [5.41, 5.74) is -0.000499. The monoisotopic (exact) mass is 487 g/mol. The minimum absolute atomic E-state index is 0.00679. The van der Waals surface area contributed by atoms with E-state index in [1.54, 1.807) is 18.2 Å². The normalized spacial score (nSPS) is 16.6. The van der Waals surface area contributed by atoms with Crippen LogP contribution in [0.15, 0.2) is 52.4 Å². The molecule has 2 aromatic rings. The minimum atomic E-state index is -4.54. The van der Waals surface area contributed by atoms with E-state index in [4.69, 9.17) is 12.2 Å². The minimum Gasteiger partial charge on any atom is -0.288 e. The maximum atomic E-state index is 12.7. The molecule has 0 N–H and O–H groups in total. The Labute approximate surface area is 186 Å². The first-order chi connectivity index (χ1) is 14.4. The van der Waals surface area contributed by atoms with Gasteiger partial charge in [0.25, 0.3) is 5.91 Å².